The van der Waals surface area contributed by atoms with Crippen molar-refractivity contribution in [3.8, 4) is 0 Å². The fourth-order valence-corrected chi connectivity index (χ4v) is 1.71. The predicted octanol–water partition coefficient (Wildman–Crippen LogP) is 2.88. The van der Waals surface area contributed by atoms with Gasteiger partial charge in [-0.05, 0) is 41.0 Å². The first-order valence-electron chi connectivity index (χ1n) is 4.67. The lowest BCUT2D eigenvalue weighted by Crippen LogP contribution is -2.49. The van der Waals surface area contributed by atoms with E-state index in [-0.39, 0.29) is 5.54 Å². The first-order chi connectivity index (χ1) is 5.33. The van der Waals surface area contributed by atoms with Gasteiger partial charge in [-0.3, -0.25) is 5.41 Å². The molecule has 2 heteroatoms. The molecule has 0 saturated carbocycles. The van der Waals surface area contributed by atoms with Crippen molar-refractivity contribution in [1.82, 2.24) is 4.90 Å². The minimum absolute atomic E-state index is 0.111. The van der Waals surface area contributed by atoms with Crippen molar-refractivity contribution in [3.63, 3.8) is 0 Å². The van der Waals surface area contributed by atoms with Crippen LogP contribution in [0.4, 0.5) is 0 Å². The van der Waals surface area contributed by atoms with Crippen molar-refractivity contribution < 1.29 is 0 Å². The molecule has 0 heterocycles. The molecule has 0 aromatic heterocycles. The van der Waals surface area contributed by atoms with Crippen molar-refractivity contribution in [1.29, 1.82) is 5.41 Å². The molecule has 0 radical (unpaired) electrons. The van der Waals surface area contributed by atoms with E-state index >= 15 is 0 Å². The van der Waals surface area contributed by atoms with Gasteiger partial charge in [-0.25, -0.2) is 0 Å². The van der Waals surface area contributed by atoms with Crippen LogP contribution in [0.2, 0.25) is 0 Å². The largest absolute Gasteiger partial charge is 0.353 e. The summed E-state index contributed by atoms with van der Waals surface area (Å²) in [6.45, 7) is 12.7. The number of rotatable bonds is 3. The lowest BCUT2D eigenvalue weighted by Gasteiger charge is -2.42. The molecule has 0 aliphatic heterocycles. The Kier molecular flexibility index (Phi) is 3.75. The van der Waals surface area contributed by atoms with Gasteiger partial charge >= 0.3 is 0 Å². The van der Waals surface area contributed by atoms with E-state index in [2.05, 4.69) is 39.5 Å². The fraction of sp³-hybridized carbons (Fsp3) is 0.900. The van der Waals surface area contributed by atoms with E-state index in [9.17, 15) is 0 Å². The van der Waals surface area contributed by atoms with Crippen LogP contribution in [0.3, 0.4) is 0 Å². The topological polar surface area (TPSA) is 27.1 Å². The van der Waals surface area contributed by atoms with Crippen LogP contribution in [0.5, 0.6) is 0 Å². The van der Waals surface area contributed by atoms with E-state index < -0.39 is 0 Å². The van der Waals surface area contributed by atoms with Gasteiger partial charge in [0.2, 0.25) is 0 Å². The van der Waals surface area contributed by atoms with Crippen LogP contribution in [0.1, 0.15) is 48.0 Å². The Labute approximate surface area is 76.5 Å². The molecular formula is C10H22N2. The Morgan fingerprint density at radius 3 is 1.92 bits per heavy atom. The Balaban J connectivity index is 4.62. The molecule has 0 fully saturated rings. The maximum atomic E-state index is 7.67. The smallest absolute Gasteiger partial charge is 0.0932 e. The summed E-state index contributed by atoms with van der Waals surface area (Å²) in [7, 11) is 0. The molecule has 0 aliphatic carbocycles. The van der Waals surface area contributed by atoms with Crippen LogP contribution in [-0.2, 0) is 0 Å². The Bertz CT molecular complexity index is 159. The molecule has 0 saturated heterocycles. The van der Waals surface area contributed by atoms with Gasteiger partial charge in [0, 0.05) is 11.6 Å². The summed E-state index contributed by atoms with van der Waals surface area (Å²) >= 11 is 0. The molecule has 2 nitrogen and oxygen atoms in total. The minimum atomic E-state index is 0.111. The normalized spacial score (nSPS) is 11.9. The summed E-state index contributed by atoms with van der Waals surface area (Å²) in [6, 6.07) is 0.414. The maximum Gasteiger partial charge on any atom is 0.0932 e. The summed E-state index contributed by atoms with van der Waals surface area (Å²) in [4.78, 5) is 2.16. The molecule has 0 aliphatic rings. The van der Waals surface area contributed by atoms with E-state index in [0.717, 1.165) is 6.42 Å². The van der Waals surface area contributed by atoms with Crippen molar-refractivity contribution >= 4 is 5.84 Å². The average molecular weight is 170 g/mol. The van der Waals surface area contributed by atoms with Crippen LogP contribution < -0.4 is 0 Å². The zero-order valence-corrected chi connectivity index (χ0v) is 9.23. The highest BCUT2D eigenvalue weighted by molar-refractivity contribution is 5.77. The van der Waals surface area contributed by atoms with E-state index in [1.165, 1.54) is 0 Å². The Morgan fingerprint density at radius 2 is 1.83 bits per heavy atom. The first kappa shape index (κ1) is 11.5. The van der Waals surface area contributed by atoms with Crippen molar-refractivity contribution in [2.45, 2.75) is 59.5 Å². The van der Waals surface area contributed by atoms with Gasteiger partial charge in [-0.1, -0.05) is 6.92 Å². The predicted molar refractivity (Wildman–Crippen MR) is 54.7 cm³/mol. The second-order valence-corrected chi connectivity index (χ2v) is 4.22. The number of hydrogen-bond acceptors (Lipinski definition) is 1. The average Bonchev–Trinajstić information content (AvgIpc) is 1.84. The summed E-state index contributed by atoms with van der Waals surface area (Å²) < 4.78 is 0. The second kappa shape index (κ2) is 3.92. The zero-order chi connectivity index (χ0) is 9.94. The molecule has 1 N–H and O–H groups in total. The van der Waals surface area contributed by atoms with E-state index in [4.69, 9.17) is 5.41 Å². The van der Waals surface area contributed by atoms with Crippen LogP contribution in [0, 0.1) is 5.41 Å². The number of nitrogens with zero attached hydrogens (tertiary/aromatic N) is 1. The third-order valence-electron chi connectivity index (χ3n) is 2.40. The lowest BCUT2D eigenvalue weighted by molar-refractivity contribution is 0.168. The number of hydrogen-bond donors (Lipinski definition) is 1. The molecule has 12 heavy (non-hydrogen) atoms. The summed E-state index contributed by atoms with van der Waals surface area (Å²) in [5, 5.41) is 7.67. The van der Waals surface area contributed by atoms with Gasteiger partial charge in [-0.15, -0.1) is 0 Å². The van der Waals surface area contributed by atoms with Gasteiger partial charge in [0.15, 0.2) is 0 Å². The third kappa shape index (κ3) is 2.50. The SMILES string of the molecule is CCC(C)(C)N(C(C)=N)C(C)C. The van der Waals surface area contributed by atoms with Crippen molar-refractivity contribution in [2.75, 3.05) is 0 Å². The molecule has 0 atom stereocenters. The highest BCUT2D eigenvalue weighted by Gasteiger charge is 2.26. The van der Waals surface area contributed by atoms with E-state index in [1.807, 2.05) is 6.92 Å². The van der Waals surface area contributed by atoms with E-state index in [0.29, 0.717) is 11.9 Å². The van der Waals surface area contributed by atoms with Crippen molar-refractivity contribution in [2.24, 2.45) is 0 Å². The molecular weight excluding hydrogens is 148 g/mol. The lowest BCUT2D eigenvalue weighted by atomic mass is 9.97. The Morgan fingerprint density at radius 1 is 1.42 bits per heavy atom. The van der Waals surface area contributed by atoms with Gasteiger partial charge in [0.1, 0.15) is 0 Å². The molecule has 72 valence electrons. The maximum absolute atomic E-state index is 7.67. The summed E-state index contributed by atoms with van der Waals surface area (Å²) in [6.07, 6.45) is 1.07. The second-order valence-electron chi connectivity index (χ2n) is 4.22. The van der Waals surface area contributed by atoms with Crippen LogP contribution in [0.25, 0.3) is 0 Å². The molecule has 0 amide bonds. The quantitative estimate of drug-likeness (QED) is 0.512. The van der Waals surface area contributed by atoms with Gasteiger partial charge in [-0.2, -0.15) is 0 Å². The number of amidine groups is 1. The summed E-state index contributed by atoms with van der Waals surface area (Å²) in [5.74, 6) is 0.664. The number of nitrogens with one attached hydrogen (secondary N) is 1. The standard InChI is InChI=1S/C10H22N2/c1-7-10(5,6)12(8(2)3)9(4)11/h8,11H,7H2,1-6H3. The van der Waals surface area contributed by atoms with Gasteiger partial charge in [0.25, 0.3) is 0 Å². The minimum Gasteiger partial charge on any atom is -0.353 e. The molecule has 0 aromatic rings. The van der Waals surface area contributed by atoms with Crippen molar-refractivity contribution in [3.05, 3.63) is 0 Å². The van der Waals surface area contributed by atoms with Crippen LogP contribution in [-0.4, -0.2) is 22.3 Å². The summed E-state index contributed by atoms with van der Waals surface area (Å²) in [5.41, 5.74) is 0.111. The molecule has 0 unspecified atom stereocenters. The van der Waals surface area contributed by atoms with Gasteiger partial charge in [0.05, 0.1) is 5.84 Å². The van der Waals surface area contributed by atoms with Crippen LogP contribution in [0.15, 0.2) is 0 Å². The first-order valence-corrected chi connectivity index (χ1v) is 4.67. The highest BCUT2D eigenvalue weighted by Crippen LogP contribution is 2.21. The van der Waals surface area contributed by atoms with Gasteiger partial charge < -0.3 is 4.90 Å². The molecule has 0 bridgehead atoms. The van der Waals surface area contributed by atoms with Crippen LogP contribution >= 0.6 is 0 Å². The fourth-order valence-electron chi connectivity index (χ4n) is 1.71. The molecule has 0 rings (SSSR count). The molecule has 0 spiro atoms. The van der Waals surface area contributed by atoms with E-state index in [1.54, 1.807) is 0 Å². The third-order valence-corrected chi connectivity index (χ3v) is 2.40. The molecule has 0 aromatic carbocycles. The monoisotopic (exact) mass is 170 g/mol. The zero-order valence-electron chi connectivity index (χ0n) is 9.23. The Hall–Kier alpha value is -0.530. The highest BCUT2D eigenvalue weighted by atomic mass is 15.2.